The van der Waals surface area contributed by atoms with E-state index in [9.17, 15) is 4.79 Å². The summed E-state index contributed by atoms with van der Waals surface area (Å²) in [6.45, 7) is 0. The zero-order valence-electron chi connectivity index (χ0n) is 8.62. The first-order valence-electron chi connectivity index (χ1n) is 4.44. The highest BCUT2D eigenvalue weighted by Gasteiger charge is 2.11. The summed E-state index contributed by atoms with van der Waals surface area (Å²) in [5.74, 6) is 0. The first-order valence-corrected chi connectivity index (χ1v) is 6.42. The molecule has 0 saturated carbocycles. The van der Waals surface area contributed by atoms with Crippen LogP contribution in [0.15, 0.2) is 22.1 Å². The van der Waals surface area contributed by atoms with Gasteiger partial charge in [0.25, 0.3) is 5.56 Å². The minimum atomic E-state index is -0.140. The third kappa shape index (κ3) is 1.81. The van der Waals surface area contributed by atoms with Crippen LogP contribution in [-0.4, -0.2) is 15.8 Å². The van der Waals surface area contributed by atoms with Crippen molar-refractivity contribution >= 4 is 45.9 Å². The molecular weight excluding hydrogens is 267 g/mol. The van der Waals surface area contributed by atoms with Gasteiger partial charge in [0.1, 0.15) is 0 Å². The minimum absolute atomic E-state index is 0.140. The molecule has 0 aliphatic carbocycles. The van der Waals surface area contributed by atoms with E-state index in [0.717, 1.165) is 0 Å². The Balaban J connectivity index is 2.99. The highest BCUT2D eigenvalue weighted by Crippen LogP contribution is 2.25. The molecular formula is C10H8Cl2N2OS. The van der Waals surface area contributed by atoms with E-state index in [1.54, 1.807) is 19.2 Å². The van der Waals surface area contributed by atoms with Gasteiger partial charge in [-0.1, -0.05) is 35.0 Å². The van der Waals surface area contributed by atoms with E-state index < -0.39 is 0 Å². The SMILES string of the molecule is CSc1nc2c(Cl)cc(Cl)cc2c(=O)n1C. The van der Waals surface area contributed by atoms with Crippen LogP contribution < -0.4 is 5.56 Å². The van der Waals surface area contributed by atoms with Crippen LogP contribution >= 0.6 is 35.0 Å². The molecule has 0 amide bonds. The summed E-state index contributed by atoms with van der Waals surface area (Å²) in [6, 6.07) is 3.17. The second-order valence-corrected chi connectivity index (χ2v) is 4.86. The van der Waals surface area contributed by atoms with Gasteiger partial charge in [0.05, 0.1) is 15.9 Å². The van der Waals surface area contributed by atoms with Gasteiger partial charge < -0.3 is 0 Å². The number of fused-ring (bicyclic) bond motifs is 1. The lowest BCUT2D eigenvalue weighted by Gasteiger charge is -2.07. The quantitative estimate of drug-likeness (QED) is 0.593. The largest absolute Gasteiger partial charge is 0.290 e. The van der Waals surface area contributed by atoms with Gasteiger partial charge >= 0.3 is 0 Å². The number of benzene rings is 1. The Morgan fingerprint density at radius 3 is 2.69 bits per heavy atom. The van der Waals surface area contributed by atoms with Gasteiger partial charge in [-0.3, -0.25) is 9.36 Å². The van der Waals surface area contributed by atoms with Crippen molar-refractivity contribution < 1.29 is 0 Å². The fourth-order valence-corrected chi connectivity index (χ4v) is 2.54. The Labute approximate surface area is 106 Å². The number of aromatic nitrogens is 2. The zero-order chi connectivity index (χ0) is 11.9. The Hall–Kier alpha value is -0.710. The van der Waals surface area contributed by atoms with E-state index in [-0.39, 0.29) is 5.56 Å². The molecule has 2 rings (SSSR count). The predicted octanol–water partition coefficient (Wildman–Crippen LogP) is 2.96. The van der Waals surface area contributed by atoms with Gasteiger partial charge in [0.2, 0.25) is 0 Å². The first-order chi connectivity index (χ1) is 7.54. The van der Waals surface area contributed by atoms with Crippen LogP contribution in [-0.2, 0) is 7.05 Å². The summed E-state index contributed by atoms with van der Waals surface area (Å²) in [6.07, 6.45) is 1.86. The summed E-state index contributed by atoms with van der Waals surface area (Å²) in [5, 5.41) is 1.91. The second-order valence-electron chi connectivity index (χ2n) is 3.25. The van der Waals surface area contributed by atoms with Crippen LogP contribution in [0.2, 0.25) is 10.0 Å². The topological polar surface area (TPSA) is 34.9 Å². The maximum absolute atomic E-state index is 12.0. The second kappa shape index (κ2) is 4.28. The number of rotatable bonds is 1. The van der Waals surface area contributed by atoms with Gasteiger partial charge in [0.15, 0.2) is 5.16 Å². The highest BCUT2D eigenvalue weighted by molar-refractivity contribution is 7.98. The average molecular weight is 275 g/mol. The number of halogens is 2. The van der Waals surface area contributed by atoms with E-state index in [1.165, 1.54) is 16.3 Å². The molecule has 3 nitrogen and oxygen atoms in total. The van der Waals surface area contributed by atoms with Gasteiger partial charge in [-0.15, -0.1) is 0 Å². The molecule has 0 aliphatic heterocycles. The van der Waals surface area contributed by atoms with E-state index >= 15 is 0 Å². The fourth-order valence-electron chi connectivity index (χ4n) is 1.46. The summed E-state index contributed by atoms with van der Waals surface area (Å²) in [4.78, 5) is 16.3. The molecule has 0 N–H and O–H groups in total. The first kappa shape index (κ1) is 11.8. The van der Waals surface area contributed by atoms with Crippen molar-refractivity contribution in [2.24, 2.45) is 7.05 Å². The van der Waals surface area contributed by atoms with E-state index in [1.807, 2.05) is 6.26 Å². The van der Waals surface area contributed by atoms with Crippen LogP contribution in [0.25, 0.3) is 10.9 Å². The average Bonchev–Trinajstić information content (AvgIpc) is 2.24. The molecule has 6 heteroatoms. The van der Waals surface area contributed by atoms with E-state index in [4.69, 9.17) is 23.2 Å². The molecule has 0 fully saturated rings. The summed E-state index contributed by atoms with van der Waals surface area (Å²) >= 11 is 13.3. The van der Waals surface area contributed by atoms with Crippen molar-refractivity contribution in [2.75, 3.05) is 6.26 Å². The predicted molar refractivity (Wildman–Crippen MR) is 68.8 cm³/mol. The lowest BCUT2D eigenvalue weighted by atomic mass is 10.2. The third-order valence-electron chi connectivity index (χ3n) is 2.24. The summed E-state index contributed by atoms with van der Waals surface area (Å²) in [7, 11) is 1.68. The molecule has 0 unspecified atom stereocenters. The molecule has 1 heterocycles. The molecule has 0 spiro atoms. The monoisotopic (exact) mass is 274 g/mol. The molecule has 0 atom stereocenters. The number of hydrogen-bond acceptors (Lipinski definition) is 3. The van der Waals surface area contributed by atoms with Crippen molar-refractivity contribution in [3.8, 4) is 0 Å². The highest BCUT2D eigenvalue weighted by atomic mass is 35.5. The van der Waals surface area contributed by atoms with Crippen LogP contribution in [0, 0.1) is 0 Å². The molecule has 0 bridgehead atoms. The van der Waals surface area contributed by atoms with Crippen LogP contribution in [0.5, 0.6) is 0 Å². The molecule has 16 heavy (non-hydrogen) atoms. The lowest BCUT2D eigenvalue weighted by Crippen LogP contribution is -2.19. The molecule has 0 radical (unpaired) electrons. The smallest absolute Gasteiger partial charge is 0.261 e. The number of nitrogens with zero attached hydrogens (tertiary/aromatic N) is 2. The van der Waals surface area contributed by atoms with Gasteiger partial charge in [0, 0.05) is 12.1 Å². The van der Waals surface area contributed by atoms with Gasteiger partial charge in [-0.25, -0.2) is 4.98 Å². The molecule has 1 aromatic heterocycles. The number of hydrogen-bond donors (Lipinski definition) is 0. The Kier molecular flexibility index (Phi) is 3.15. The van der Waals surface area contributed by atoms with E-state index in [0.29, 0.717) is 26.1 Å². The van der Waals surface area contributed by atoms with Gasteiger partial charge in [-0.05, 0) is 18.4 Å². The summed E-state index contributed by atoms with van der Waals surface area (Å²) in [5.41, 5.74) is 0.359. The van der Waals surface area contributed by atoms with Crippen LogP contribution in [0.3, 0.4) is 0 Å². The molecule has 1 aromatic carbocycles. The van der Waals surface area contributed by atoms with Crippen molar-refractivity contribution in [1.29, 1.82) is 0 Å². The standard InChI is InChI=1S/C10H8Cl2N2OS/c1-14-9(15)6-3-5(11)4-7(12)8(6)13-10(14)16-2/h3-4H,1-2H3. The normalized spacial score (nSPS) is 11.0. The molecule has 2 aromatic rings. The van der Waals surface area contributed by atoms with Gasteiger partial charge in [-0.2, -0.15) is 0 Å². The maximum Gasteiger partial charge on any atom is 0.261 e. The third-order valence-corrected chi connectivity index (χ3v) is 3.48. The molecule has 84 valence electrons. The van der Waals surface area contributed by atoms with Crippen LogP contribution in [0.1, 0.15) is 0 Å². The maximum atomic E-state index is 12.0. The fraction of sp³-hybridized carbons (Fsp3) is 0.200. The van der Waals surface area contributed by atoms with Crippen molar-refractivity contribution in [1.82, 2.24) is 9.55 Å². The van der Waals surface area contributed by atoms with Crippen molar-refractivity contribution in [2.45, 2.75) is 5.16 Å². The molecule has 0 saturated heterocycles. The number of thioether (sulfide) groups is 1. The minimum Gasteiger partial charge on any atom is -0.290 e. The van der Waals surface area contributed by atoms with Crippen LogP contribution in [0.4, 0.5) is 0 Å². The summed E-state index contributed by atoms with van der Waals surface area (Å²) < 4.78 is 1.49. The Morgan fingerprint density at radius 2 is 2.06 bits per heavy atom. The van der Waals surface area contributed by atoms with Crippen molar-refractivity contribution in [3.63, 3.8) is 0 Å². The Morgan fingerprint density at radius 1 is 1.38 bits per heavy atom. The lowest BCUT2D eigenvalue weighted by molar-refractivity contribution is 0.727. The molecule has 0 aliphatic rings. The zero-order valence-corrected chi connectivity index (χ0v) is 10.9. The van der Waals surface area contributed by atoms with E-state index in [2.05, 4.69) is 4.98 Å². The van der Waals surface area contributed by atoms with Crippen molar-refractivity contribution in [3.05, 3.63) is 32.5 Å². The Bertz CT molecular complexity index is 624.